The summed E-state index contributed by atoms with van der Waals surface area (Å²) in [6, 6.07) is 2.39. The van der Waals surface area contributed by atoms with Gasteiger partial charge in [0.1, 0.15) is 18.2 Å². The normalized spacial score (nSPS) is 10.1. The van der Waals surface area contributed by atoms with Crippen molar-refractivity contribution in [3.8, 4) is 0 Å². The number of carboxylic acid groups (broad SMARTS) is 1. The minimum atomic E-state index is -1.18. The van der Waals surface area contributed by atoms with Gasteiger partial charge >= 0.3 is 5.97 Å². The minimum Gasteiger partial charge on any atom is -0.480 e. The van der Waals surface area contributed by atoms with E-state index in [0.29, 0.717) is 6.07 Å². The number of aliphatic carboxylic acids is 1. The number of nitrogens with zero attached hydrogens (tertiary/aromatic N) is 1. The van der Waals surface area contributed by atoms with Crippen LogP contribution in [0, 0.1) is 11.6 Å². The molecule has 1 amide bonds. The minimum absolute atomic E-state index is 0.142. The van der Waals surface area contributed by atoms with Crippen LogP contribution in [0.25, 0.3) is 0 Å². The van der Waals surface area contributed by atoms with Gasteiger partial charge < -0.3 is 10.0 Å². The molecular weight excluding hydrogens is 232 g/mol. The summed E-state index contributed by atoms with van der Waals surface area (Å²) in [5.74, 6) is -3.65. The summed E-state index contributed by atoms with van der Waals surface area (Å²) in [6.45, 7) is 1.22. The van der Waals surface area contributed by atoms with Crippen LogP contribution in [-0.2, 0) is 4.79 Å². The molecule has 6 heteroatoms. The Kier molecular flexibility index (Phi) is 4.14. The highest BCUT2D eigenvalue weighted by molar-refractivity contribution is 5.95. The predicted octanol–water partition coefficient (Wildman–Crippen LogP) is 1.51. The van der Waals surface area contributed by atoms with Crippen molar-refractivity contribution in [1.82, 2.24) is 4.90 Å². The first-order chi connectivity index (χ1) is 7.93. The van der Waals surface area contributed by atoms with Gasteiger partial charge in [-0.15, -0.1) is 0 Å². The lowest BCUT2D eigenvalue weighted by Crippen LogP contribution is -2.35. The summed E-state index contributed by atoms with van der Waals surface area (Å²) in [5.41, 5.74) is -0.203. The first-order valence-electron chi connectivity index (χ1n) is 4.91. The van der Waals surface area contributed by atoms with Gasteiger partial charge in [-0.3, -0.25) is 9.59 Å². The molecule has 1 aromatic carbocycles. The highest BCUT2D eigenvalue weighted by Gasteiger charge is 2.18. The third-order valence-electron chi connectivity index (χ3n) is 2.10. The van der Waals surface area contributed by atoms with E-state index in [-0.39, 0.29) is 12.1 Å². The summed E-state index contributed by atoms with van der Waals surface area (Å²) in [5, 5.41) is 8.58. The van der Waals surface area contributed by atoms with Gasteiger partial charge in [0, 0.05) is 18.2 Å². The second kappa shape index (κ2) is 5.38. The Labute approximate surface area is 96.5 Å². The number of hydrogen-bond acceptors (Lipinski definition) is 2. The Hall–Kier alpha value is -1.98. The van der Waals surface area contributed by atoms with Crippen LogP contribution in [0.2, 0.25) is 0 Å². The number of carbonyl (C=O) groups excluding carboxylic acids is 1. The monoisotopic (exact) mass is 243 g/mol. The van der Waals surface area contributed by atoms with Crippen LogP contribution in [-0.4, -0.2) is 35.0 Å². The molecule has 0 spiro atoms. The predicted molar refractivity (Wildman–Crippen MR) is 55.6 cm³/mol. The molecule has 0 aliphatic rings. The van der Waals surface area contributed by atoms with Crippen LogP contribution in [0.1, 0.15) is 17.3 Å². The molecule has 0 atom stereocenters. The lowest BCUT2D eigenvalue weighted by Gasteiger charge is -2.18. The highest BCUT2D eigenvalue weighted by Crippen LogP contribution is 2.10. The molecule has 0 aliphatic heterocycles. The van der Waals surface area contributed by atoms with Gasteiger partial charge in [0.25, 0.3) is 5.91 Å². The zero-order valence-electron chi connectivity index (χ0n) is 9.11. The smallest absolute Gasteiger partial charge is 0.323 e. The van der Waals surface area contributed by atoms with E-state index < -0.39 is 30.1 Å². The summed E-state index contributed by atoms with van der Waals surface area (Å²) in [6.07, 6.45) is 0. The topological polar surface area (TPSA) is 57.6 Å². The fourth-order valence-corrected chi connectivity index (χ4v) is 1.35. The molecule has 1 N–H and O–H groups in total. The second-order valence-corrected chi connectivity index (χ2v) is 3.37. The lowest BCUT2D eigenvalue weighted by atomic mass is 10.2. The average molecular weight is 243 g/mol. The van der Waals surface area contributed by atoms with E-state index in [0.717, 1.165) is 17.0 Å². The number of hydrogen-bond donors (Lipinski definition) is 1. The number of amides is 1. The highest BCUT2D eigenvalue weighted by atomic mass is 19.1. The molecule has 92 valence electrons. The molecule has 1 aromatic rings. The summed E-state index contributed by atoms with van der Waals surface area (Å²) < 4.78 is 25.8. The van der Waals surface area contributed by atoms with Crippen LogP contribution in [0.3, 0.4) is 0 Å². The van der Waals surface area contributed by atoms with Crippen LogP contribution in [0.4, 0.5) is 8.78 Å². The number of halogens is 2. The molecule has 0 radical (unpaired) electrons. The summed E-state index contributed by atoms with van der Waals surface area (Å²) >= 11 is 0. The van der Waals surface area contributed by atoms with E-state index in [4.69, 9.17) is 5.11 Å². The van der Waals surface area contributed by atoms with Gasteiger partial charge in [-0.25, -0.2) is 8.78 Å². The van der Waals surface area contributed by atoms with Crippen LogP contribution < -0.4 is 0 Å². The SMILES string of the molecule is CCN(CC(=O)O)C(=O)c1cc(F)cc(F)c1. The maximum absolute atomic E-state index is 12.9. The van der Waals surface area contributed by atoms with E-state index in [1.165, 1.54) is 0 Å². The van der Waals surface area contributed by atoms with Crippen LogP contribution in [0.5, 0.6) is 0 Å². The molecule has 17 heavy (non-hydrogen) atoms. The largest absolute Gasteiger partial charge is 0.480 e. The molecule has 0 aliphatic carbocycles. The molecule has 0 fully saturated rings. The Morgan fingerprint density at radius 1 is 1.24 bits per heavy atom. The molecule has 0 aromatic heterocycles. The van der Waals surface area contributed by atoms with Crippen molar-refractivity contribution < 1.29 is 23.5 Å². The third-order valence-corrected chi connectivity index (χ3v) is 2.10. The molecular formula is C11H11F2NO3. The van der Waals surface area contributed by atoms with Gasteiger partial charge in [0.05, 0.1) is 0 Å². The summed E-state index contributed by atoms with van der Waals surface area (Å²) in [7, 11) is 0. The van der Waals surface area contributed by atoms with Crippen molar-refractivity contribution in [3.63, 3.8) is 0 Å². The number of benzene rings is 1. The van der Waals surface area contributed by atoms with Gasteiger partial charge in [-0.05, 0) is 19.1 Å². The van der Waals surface area contributed by atoms with E-state index >= 15 is 0 Å². The molecule has 4 nitrogen and oxygen atoms in total. The van der Waals surface area contributed by atoms with E-state index in [1.54, 1.807) is 6.92 Å². The van der Waals surface area contributed by atoms with Crippen molar-refractivity contribution in [2.75, 3.05) is 13.1 Å². The molecule has 0 bridgehead atoms. The first kappa shape index (κ1) is 13.1. The van der Waals surface area contributed by atoms with Crippen molar-refractivity contribution in [2.24, 2.45) is 0 Å². The third kappa shape index (κ3) is 3.51. The van der Waals surface area contributed by atoms with Crippen molar-refractivity contribution in [1.29, 1.82) is 0 Å². The maximum Gasteiger partial charge on any atom is 0.323 e. The van der Waals surface area contributed by atoms with Crippen LogP contribution in [0.15, 0.2) is 18.2 Å². The standard InChI is InChI=1S/C11H11F2NO3/c1-2-14(6-10(15)16)11(17)7-3-8(12)5-9(13)4-7/h3-5H,2,6H2,1H3,(H,15,16). The summed E-state index contributed by atoms with van der Waals surface area (Å²) in [4.78, 5) is 23.2. The van der Waals surface area contributed by atoms with Gasteiger partial charge in [0.2, 0.25) is 0 Å². The van der Waals surface area contributed by atoms with E-state index in [9.17, 15) is 18.4 Å². The Morgan fingerprint density at radius 3 is 2.18 bits per heavy atom. The molecule has 0 saturated heterocycles. The number of carboxylic acids is 1. The fourth-order valence-electron chi connectivity index (χ4n) is 1.35. The number of likely N-dealkylation sites (N-methyl/N-ethyl adjacent to an activating group) is 1. The Balaban J connectivity index is 2.97. The second-order valence-electron chi connectivity index (χ2n) is 3.37. The zero-order chi connectivity index (χ0) is 13.0. The number of rotatable bonds is 4. The van der Waals surface area contributed by atoms with Crippen molar-refractivity contribution in [3.05, 3.63) is 35.4 Å². The molecule has 0 saturated carbocycles. The molecule has 0 unspecified atom stereocenters. The Bertz CT molecular complexity index is 428. The van der Waals surface area contributed by atoms with Gasteiger partial charge in [-0.2, -0.15) is 0 Å². The van der Waals surface area contributed by atoms with E-state index in [1.807, 2.05) is 0 Å². The van der Waals surface area contributed by atoms with Crippen molar-refractivity contribution in [2.45, 2.75) is 6.92 Å². The van der Waals surface area contributed by atoms with Crippen molar-refractivity contribution >= 4 is 11.9 Å². The first-order valence-corrected chi connectivity index (χ1v) is 4.91. The van der Waals surface area contributed by atoms with E-state index in [2.05, 4.69) is 0 Å². The zero-order valence-corrected chi connectivity index (χ0v) is 9.11. The molecule has 1 rings (SSSR count). The Morgan fingerprint density at radius 2 is 1.76 bits per heavy atom. The lowest BCUT2D eigenvalue weighted by molar-refractivity contribution is -0.137. The maximum atomic E-state index is 12.9. The fraction of sp³-hybridized carbons (Fsp3) is 0.273. The van der Waals surface area contributed by atoms with Gasteiger partial charge in [0.15, 0.2) is 0 Å². The number of carbonyl (C=O) groups is 2. The van der Waals surface area contributed by atoms with Gasteiger partial charge in [-0.1, -0.05) is 0 Å². The van der Waals surface area contributed by atoms with Crippen LogP contribution >= 0.6 is 0 Å². The molecule has 0 heterocycles. The quantitative estimate of drug-likeness (QED) is 0.872. The average Bonchev–Trinajstić information content (AvgIpc) is 2.23.